The molecule has 0 atom stereocenters. The first kappa shape index (κ1) is 25.2. The van der Waals surface area contributed by atoms with Crippen LogP contribution in [0.25, 0.3) is 67.8 Å². The highest BCUT2D eigenvalue weighted by Crippen LogP contribution is 2.32. The molecule has 0 aliphatic rings. The summed E-state index contributed by atoms with van der Waals surface area (Å²) in [6, 6.07) is 46.6. The molecule has 0 saturated carbocycles. The SMILES string of the molecule is c1ccc(-c2cc(-c3ccccn3)nc(-c3cccc(-c4cc(-c5ccccc5)cc(-c5ccccn5)n4)n3)c2)cc1. The number of aromatic nitrogens is 5. The lowest BCUT2D eigenvalue weighted by Crippen LogP contribution is -1.97. The lowest BCUT2D eigenvalue weighted by Gasteiger charge is -2.12. The molecule has 0 fully saturated rings. The zero-order valence-corrected chi connectivity index (χ0v) is 22.7. The van der Waals surface area contributed by atoms with E-state index in [0.717, 1.165) is 67.8 Å². The lowest BCUT2D eigenvalue weighted by atomic mass is 10.0. The summed E-state index contributed by atoms with van der Waals surface area (Å²) in [6.07, 6.45) is 3.57. The normalized spacial score (nSPS) is 10.9. The molecule has 42 heavy (non-hydrogen) atoms. The Morgan fingerprint density at radius 1 is 0.262 bits per heavy atom. The molecule has 5 nitrogen and oxygen atoms in total. The summed E-state index contributed by atoms with van der Waals surface area (Å²) < 4.78 is 0. The molecule has 198 valence electrons. The fourth-order valence-corrected chi connectivity index (χ4v) is 4.93. The van der Waals surface area contributed by atoms with Crippen molar-refractivity contribution in [2.24, 2.45) is 0 Å². The van der Waals surface area contributed by atoms with Gasteiger partial charge < -0.3 is 0 Å². The number of benzene rings is 2. The zero-order chi connectivity index (χ0) is 28.1. The number of hydrogen-bond acceptors (Lipinski definition) is 5. The molecule has 5 heterocycles. The average molecular weight is 540 g/mol. The lowest BCUT2D eigenvalue weighted by molar-refractivity contribution is 1.20. The Morgan fingerprint density at radius 3 is 1.02 bits per heavy atom. The Labute approximate surface area is 244 Å². The van der Waals surface area contributed by atoms with Crippen LogP contribution in [0.2, 0.25) is 0 Å². The topological polar surface area (TPSA) is 64.5 Å². The maximum Gasteiger partial charge on any atom is 0.0900 e. The quantitative estimate of drug-likeness (QED) is 0.212. The van der Waals surface area contributed by atoms with Gasteiger partial charge >= 0.3 is 0 Å². The van der Waals surface area contributed by atoms with E-state index < -0.39 is 0 Å². The first-order valence-electron chi connectivity index (χ1n) is 13.8. The highest BCUT2D eigenvalue weighted by molar-refractivity contribution is 5.77. The van der Waals surface area contributed by atoms with Crippen molar-refractivity contribution in [3.05, 3.63) is 152 Å². The van der Waals surface area contributed by atoms with Crippen LogP contribution in [-0.4, -0.2) is 24.9 Å². The molecule has 0 N–H and O–H groups in total. The minimum absolute atomic E-state index is 0.758. The van der Waals surface area contributed by atoms with Crippen LogP contribution in [0.4, 0.5) is 0 Å². The van der Waals surface area contributed by atoms with Crippen molar-refractivity contribution in [3.8, 4) is 67.8 Å². The van der Waals surface area contributed by atoms with E-state index in [1.54, 1.807) is 12.4 Å². The number of nitrogens with zero attached hydrogens (tertiary/aromatic N) is 5. The first-order valence-corrected chi connectivity index (χ1v) is 13.8. The van der Waals surface area contributed by atoms with Gasteiger partial charge in [-0.3, -0.25) is 9.97 Å². The van der Waals surface area contributed by atoms with Crippen molar-refractivity contribution >= 4 is 0 Å². The van der Waals surface area contributed by atoms with Gasteiger partial charge in [-0.25, -0.2) is 15.0 Å². The van der Waals surface area contributed by atoms with E-state index in [0.29, 0.717) is 0 Å². The van der Waals surface area contributed by atoms with Crippen LogP contribution < -0.4 is 0 Å². The summed E-state index contributed by atoms with van der Waals surface area (Å²) in [6.45, 7) is 0. The van der Waals surface area contributed by atoms with Crippen LogP contribution in [0, 0.1) is 0 Å². The Balaban J connectivity index is 1.37. The van der Waals surface area contributed by atoms with Crippen molar-refractivity contribution < 1.29 is 0 Å². The van der Waals surface area contributed by atoms with E-state index in [1.807, 2.05) is 91.0 Å². The zero-order valence-electron chi connectivity index (χ0n) is 22.7. The van der Waals surface area contributed by atoms with Crippen LogP contribution >= 0.6 is 0 Å². The summed E-state index contributed by atoms with van der Waals surface area (Å²) in [5.41, 5.74) is 10.6. The van der Waals surface area contributed by atoms with Crippen molar-refractivity contribution in [2.75, 3.05) is 0 Å². The molecule has 0 radical (unpaired) electrons. The molecule has 0 spiro atoms. The van der Waals surface area contributed by atoms with Crippen LogP contribution in [0.5, 0.6) is 0 Å². The average Bonchev–Trinajstić information content (AvgIpc) is 3.09. The molecule has 0 bridgehead atoms. The van der Waals surface area contributed by atoms with Crippen LogP contribution in [0.1, 0.15) is 0 Å². The Hall–Kier alpha value is -5.81. The Bertz CT molecular complexity index is 1700. The Morgan fingerprint density at radius 2 is 0.619 bits per heavy atom. The summed E-state index contributed by atoms with van der Waals surface area (Å²) >= 11 is 0. The van der Waals surface area contributed by atoms with Crippen molar-refractivity contribution in [2.45, 2.75) is 0 Å². The molecule has 0 aliphatic heterocycles. The number of hydrogen-bond donors (Lipinski definition) is 0. The minimum atomic E-state index is 0.758. The van der Waals surface area contributed by atoms with E-state index in [1.165, 1.54) is 0 Å². The summed E-state index contributed by atoms with van der Waals surface area (Å²) in [7, 11) is 0. The maximum atomic E-state index is 5.09. The molecular weight excluding hydrogens is 514 g/mol. The molecule has 0 amide bonds. The van der Waals surface area contributed by atoms with Gasteiger partial charge in [-0.2, -0.15) is 0 Å². The fraction of sp³-hybridized carbons (Fsp3) is 0. The first-order chi connectivity index (χ1) is 20.8. The molecule has 0 aliphatic carbocycles. The van der Waals surface area contributed by atoms with Crippen molar-refractivity contribution in [1.29, 1.82) is 0 Å². The standard InChI is InChI=1S/C37H25N5/c1-3-12-26(13-4-1)28-22-34(30-16-7-9-20-38-30)41-36(24-28)32-18-11-19-33(40-32)37-25-29(27-14-5-2-6-15-27)23-35(42-37)31-17-8-10-21-39-31/h1-25H. The van der Waals surface area contributed by atoms with Crippen LogP contribution in [0.3, 0.4) is 0 Å². The third-order valence-electron chi connectivity index (χ3n) is 6.99. The van der Waals surface area contributed by atoms with Crippen molar-refractivity contribution in [3.63, 3.8) is 0 Å². The van der Waals surface area contributed by atoms with Crippen LogP contribution in [0.15, 0.2) is 152 Å². The van der Waals surface area contributed by atoms with Gasteiger partial charge in [-0.15, -0.1) is 0 Å². The predicted octanol–water partition coefficient (Wildman–Crippen LogP) is 8.66. The third-order valence-corrected chi connectivity index (χ3v) is 6.99. The molecule has 2 aromatic carbocycles. The van der Waals surface area contributed by atoms with Gasteiger partial charge in [0.15, 0.2) is 0 Å². The monoisotopic (exact) mass is 539 g/mol. The molecular formula is C37H25N5. The predicted molar refractivity (Wildman–Crippen MR) is 168 cm³/mol. The number of rotatable bonds is 6. The summed E-state index contributed by atoms with van der Waals surface area (Å²) in [4.78, 5) is 24.2. The van der Waals surface area contributed by atoms with Gasteiger partial charge in [0.05, 0.1) is 45.6 Å². The fourth-order valence-electron chi connectivity index (χ4n) is 4.93. The summed E-state index contributed by atoms with van der Waals surface area (Å²) in [5.74, 6) is 0. The molecule has 0 saturated heterocycles. The second-order valence-electron chi connectivity index (χ2n) is 9.82. The van der Waals surface area contributed by atoms with E-state index in [9.17, 15) is 0 Å². The third kappa shape index (κ3) is 5.31. The minimum Gasteiger partial charge on any atom is -0.255 e. The molecule has 5 aromatic heterocycles. The smallest absolute Gasteiger partial charge is 0.0900 e. The van der Waals surface area contributed by atoms with Gasteiger partial charge in [0.1, 0.15) is 0 Å². The summed E-state index contributed by atoms with van der Waals surface area (Å²) in [5, 5.41) is 0. The molecule has 0 unspecified atom stereocenters. The van der Waals surface area contributed by atoms with Gasteiger partial charge in [-0.05, 0) is 82.9 Å². The second-order valence-corrected chi connectivity index (χ2v) is 9.82. The molecule has 7 aromatic rings. The van der Waals surface area contributed by atoms with E-state index in [-0.39, 0.29) is 0 Å². The van der Waals surface area contributed by atoms with Gasteiger partial charge in [0, 0.05) is 12.4 Å². The largest absolute Gasteiger partial charge is 0.255 e. The molecule has 7 rings (SSSR count). The van der Waals surface area contributed by atoms with Crippen LogP contribution in [-0.2, 0) is 0 Å². The van der Waals surface area contributed by atoms with Crippen molar-refractivity contribution in [1.82, 2.24) is 24.9 Å². The van der Waals surface area contributed by atoms with Gasteiger partial charge in [0.2, 0.25) is 0 Å². The number of pyridine rings is 5. The van der Waals surface area contributed by atoms with Gasteiger partial charge in [-0.1, -0.05) is 78.9 Å². The highest BCUT2D eigenvalue weighted by atomic mass is 14.9. The van der Waals surface area contributed by atoms with E-state index >= 15 is 0 Å². The van der Waals surface area contributed by atoms with Gasteiger partial charge in [0.25, 0.3) is 0 Å². The highest BCUT2D eigenvalue weighted by Gasteiger charge is 2.14. The van der Waals surface area contributed by atoms with E-state index in [4.69, 9.17) is 15.0 Å². The second kappa shape index (κ2) is 11.4. The Kier molecular flexibility index (Phi) is 6.81. The molecule has 5 heteroatoms. The maximum absolute atomic E-state index is 5.09. The van der Waals surface area contributed by atoms with E-state index in [2.05, 4.69) is 58.5 Å².